The highest BCUT2D eigenvalue weighted by Gasteiger charge is 2.33. The number of carboxylic acids is 1. The first-order valence-corrected chi connectivity index (χ1v) is 14.2. The minimum atomic E-state index is -0.848. The van der Waals surface area contributed by atoms with E-state index in [4.69, 9.17) is 9.84 Å². The van der Waals surface area contributed by atoms with Gasteiger partial charge in [0.05, 0.1) is 12.2 Å². The summed E-state index contributed by atoms with van der Waals surface area (Å²) in [5.74, 6) is 0.191. The van der Waals surface area contributed by atoms with Crippen molar-refractivity contribution in [1.29, 1.82) is 0 Å². The Balaban J connectivity index is 2.19. The Morgan fingerprint density at radius 2 is 1.76 bits per heavy atom. The smallest absolute Gasteiger partial charge is 0.303 e. The highest BCUT2D eigenvalue weighted by molar-refractivity contribution is 5.66. The number of allylic oxidation sites excluding steroid dienone is 6. The van der Waals surface area contributed by atoms with Crippen LogP contribution < -0.4 is 4.74 Å². The Bertz CT molecular complexity index is 1010. The van der Waals surface area contributed by atoms with Crippen LogP contribution in [-0.4, -0.2) is 40.1 Å². The quantitative estimate of drug-likeness (QED) is 0.237. The predicted molar refractivity (Wildman–Crippen MR) is 156 cm³/mol. The Labute approximate surface area is 230 Å². The fourth-order valence-corrected chi connectivity index (χ4v) is 5.32. The van der Waals surface area contributed by atoms with Crippen molar-refractivity contribution in [2.45, 2.75) is 111 Å². The molecule has 0 fully saturated rings. The fraction of sp³-hybridized carbons (Fsp3) is 0.606. The summed E-state index contributed by atoms with van der Waals surface area (Å²) < 4.78 is 5.90. The van der Waals surface area contributed by atoms with E-state index in [0.717, 1.165) is 37.0 Å². The topological polar surface area (TPSA) is 87.0 Å². The van der Waals surface area contributed by atoms with Crippen LogP contribution in [-0.2, 0) is 10.2 Å². The molecular formula is C33H50O5. The highest BCUT2D eigenvalue weighted by Crippen LogP contribution is 2.42. The molecule has 0 bridgehead atoms. The van der Waals surface area contributed by atoms with Gasteiger partial charge >= 0.3 is 5.97 Å². The van der Waals surface area contributed by atoms with Crippen LogP contribution >= 0.6 is 0 Å². The van der Waals surface area contributed by atoms with Crippen LogP contribution in [0.2, 0.25) is 0 Å². The average Bonchev–Trinajstić information content (AvgIpc) is 3.03. The maximum Gasteiger partial charge on any atom is 0.303 e. The summed E-state index contributed by atoms with van der Waals surface area (Å²) >= 11 is 0. The summed E-state index contributed by atoms with van der Waals surface area (Å²) in [7, 11) is 0. The molecule has 1 aromatic carbocycles. The van der Waals surface area contributed by atoms with Gasteiger partial charge in [0.1, 0.15) is 12.4 Å². The van der Waals surface area contributed by atoms with E-state index in [1.165, 1.54) is 16.7 Å². The summed E-state index contributed by atoms with van der Waals surface area (Å²) in [6.07, 6.45) is 12.7. The van der Waals surface area contributed by atoms with Gasteiger partial charge in [-0.05, 0) is 86.5 Å². The number of aliphatic carboxylic acids is 1. The molecule has 0 spiro atoms. The zero-order chi connectivity index (χ0) is 28.5. The molecule has 0 aliphatic heterocycles. The average molecular weight is 527 g/mol. The summed E-state index contributed by atoms with van der Waals surface area (Å²) in [4.78, 5) is 10.7. The third-order valence-electron chi connectivity index (χ3n) is 8.00. The molecule has 0 saturated heterocycles. The number of carbonyl (C=O) groups is 1. The van der Waals surface area contributed by atoms with Crippen molar-refractivity contribution in [3.8, 4) is 5.75 Å². The van der Waals surface area contributed by atoms with E-state index in [-0.39, 0.29) is 30.0 Å². The van der Waals surface area contributed by atoms with Crippen LogP contribution in [0.5, 0.6) is 5.75 Å². The van der Waals surface area contributed by atoms with Crippen molar-refractivity contribution in [3.05, 3.63) is 64.8 Å². The third kappa shape index (κ3) is 8.84. The van der Waals surface area contributed by atoms with Crippen molar-refractivity contribution in [2.75, 3.05) is 6.61 Å². The zero-order valence-electron chi connectivity index (χ0n) is 24.6. The molecule has 0 amide bonds. The highest BCUT2D eigenvalue weighted by atomic mass is 16.5. The van der Waals surface area contributed by atoms with Crippen LogP contribution in [0.3, 0.4) is 0 Å². The number of hydrogen-bond acceptors (Lipinski definition) is 4. The molecule has 0 aromatic heterocycles. The number of aliphatic hydroxyl groups excluding tert-OH is 2. The Hall–Kier alpha value is -2.37. The molecule has 0 saturated carbocycles. The maximum absolute atomic E-state index is 10.7. The summed E-state index contributed by atoms with van der Waals surface area (Å²) in [6.45, 7) is 15.1. The first-order chi connectivity index (χ1) is 17.8. The number of aryl methyl sites for hydroxylation is 1. The second-order valence-electron chi connectivity index (χ2n) is 12.0. The monoisotopic (exact) mass is 526 g/mol. The molecule has 5 nitrogen and oxygen atoms in total. The van der Waals surface area contributed by atoms with Gasteiger partial charge in [-0.25, -0.2) is 0 Å². The van der Waals surface area contributed by atoms with E-state index >= 15 is 0 Å². The zero-order valence-corrected chi connectivity index (χ0v) is 24.6. The number of rotatable bonds is 14. The minimum absolute atomic E-state index is 0.0550. The number of hydrogen-bond donors (Lipinski definition) is 3. The number of benzene rings is 1. The van der Waals surface area contributed by atoms with Crippen LogP contribution in [0, 0.1) is 18.3 Å². The lowest BCUT2D eigenvalue weighted by Crippen LogP contribution is -2.27. The standard InChI is InChI=1S/C33H50O5/c1-8-33(9-2,26-15-13-25(19-23(3)20-26)14-18-30(35)32(5,6)7)27-16-17-29(24(4)21-27)38-22-28(34)11-10-12-31(36)37/h13,15-17,19-21,25,28,30,34-35H,8-12,14,18,22H2,1-7H3,(H,36,37). The van der Waals surface area contributed by atoms with Gasteiger partial charge in [0.15, 0.2) is 0 Å². The van der Waals surface area contributed by atoms with Crippen LogP contribution in [0.4, 0.5) is 0 Å². The van der Waals surface area contributed by atoms with Crippen molar-refractivity contribution < 1.29 is 24.9 Å². The molecule has 5 heteroatoms. The predicted octanol–water partition coefficient (Wildman–Crippen LogP) is 7.29. The summed E-state index contributed by atoms with van der Waals surface area (Å²) in [5, 5.41) is 29.5. The SMILES string of the molecule is CCC(CC)(C1=CC(C)=CC(CCC(O)C(C)(C)C)C=C1)c1ccc(OCC(O)CCCC(=O)O)c(C)c1. The van der Waals surface area contributed by atoms with Gasteiger partial charge < -0.3 is 20.1 Å². The van der Waals surface area contributed by atoms with Gasteiger partial charge in [0.2, 0.25) is 0 Å². The molecular weight excluding hydrogens is 476 g/mol. The van der Waals surface area contributed by atoms with Gasteiger partial charge in [0.25, 0.3) is 0 Å². The normalized spacial score (nSPS) is 17.9. The molecule has 212 valence electrons. The van der Waals surface area contributed by atoms with Crippen molar-refractivity contribution in [3.63, 3.8) is 0 Å². The van der Waals surface area contributed by atoms with E-state index in [1.807, 2.05) is 13.0 Å². The van der Waals surface area contributed by atoms with Gasteiger partial charge in [-0.15, -0.1) is 0 Å². The van der Waals surface area contributed by atoms with Gasteiger partial charge in [-0.1, -0.05) is 76.6 Å². The molecule has 1 aromatic rings. The van der Waals surface area contributed by atoms with Gasteiger partial charge in [-0.3, -0.25) is 4.79 Å². The lowest BCUT2D eigenvalue weighted by atomic mass is 9.69. The molecule has 1 aliphatic rings. The molecule has 1 aliphatic carbocycles. The largest absolute Gasteiger partial charge is 0.491 e. The van der Waals surface area contributed by atoms with E-state index in [9.17, 15) is 15.0 Å². The van der Waals surface area contributed by atoms with Crippen molar-refractivity contribution in [1.82, 2.24) is 0 Å². The lowest BCUT2D eigenvalue weighted by Gasteiger charge is -2.35. The second-order valence-corrected chi connectivity index (χ2v) is 12.0. The fourth-order valence-electron chi connectivity index (χ4n) is 5.32. The Morgan fingerprint density at radius 3 is 2.34 bits per heavy atom. The van der Waals surface area contributed by atoms with Gasteiger partial charge in [0, 0.05) is 11.8 Å². The van der Waals surface area contributed by atoms with Gasteiger partial charge in [-0.2, -0.15) is 0 Å². The van der Waals surface area contributed by atoms with Crippen LogP contribution in [0.15, 0.2) is 53.6 Å². The van der Waals surface area contributed by atoms with Crippen LogP contribution in [0.25, 0.3) is 0 Å². The molecule has 3 atom stereocenters. The molecule has 2 rings (SSSR count). The van der Waals surface area contributed by atoms with Crippen molar-refractivity contribution >= 4 is 5.97 Å². The van der Waals surface area contributed by atoms with E-state index in [2.05, 4.69) is 78.0 Å². The summed E-state index contributed by atoms with van der Waals surface area (Å²) in [5.41, 5.74) is 4.58. The van der Waals surface area contributed by atoms with Crippen molar-refractivity contribution in [2.24, 2.45) is 11.3 Å². The molecule has 3 unspecified atom stereocenters. The number of ether oxygens (including phenoxy) is 1. The van der Waals surface area contributed by atoms with E-state index < -0.39 is 12.1 Å². The molecule has 0 heterocycles. The molecule has 38 heavy (non-hydrogen) atoms. The van der Waals surface area contributed by atoms with E-state index in [0.29, 0.717) is 18.8 Å². The van der Waals surface area contributed by atoms with E-state index in [1.54, 1.807) is 0 Å². The maximum atomic E-state index is 10.7. The Kier molecular flexibility index (Phi) is 11.8. The molecule has 3 N–H and O–H groups in total. The number of carboxylic acid groups (broad SMARTS) is 1. The first-order valence-electron chi connectivity index (χ1n) is 14.2. The lowest BCUT2D eigenvalue weighted by molar-refractivity contribution is -0.137. The third-order valence-corrected chi connectivity index (χ3v) is 8.00. The Morgan fingerprint density at radius 1 is 1.08 bits per heavy atom. The van der Waals surface area contributed by atoms with Crippen LogP contribution in [0.1, 0.15) is 97.6 Å². The minimum Gasteiger partial charge on any atom is -0.491 e. The first kappa shape index (κ1) is 31.8. The summed E-state index contributed by atoms with van der Waals surface area (Å²) in [6, 6.07) is 6.34. The second kappa shape index (κ2) is 14.1. The number of aliphatic hydroxyl groups is 2. The molecule has 0 radical (unpaired) electrons.